The van der Waals surface area contributed by atoms with Gasteiger partial charge in [0.15, 0.2) is 0 Å². The number of nitrogens with zero attached hydrogens (tertiary/aromatic N) is 4. The van der Waals surface area contributed by atoms with E-state index in [1.807, 2.05) is 32.7 Å². The molecule has 0 spiro atoms. The zero-order chi connectivity index (χ0) is 26.6. The topological polar surface area (TPSA) is 67.4 Å². The molecule has 6 nitrogen and oxygen atoms in total. The van der Waals surface area contributed by atoms with Crippen molar-refractivity contribution < 1.29 is 13.6 Å². The monoisotopic (exact) mass is 509 g/mol. The molecule has 1 aliphatic rings. The molecular weight excluding hydrogens is 472 g/mol. The maximum Gasteiger partial charge on any atom is 0.320 e. The number of carbonyl (C=O) groups excluding carboxylic acids is 1. The number of nitrogens with two attached hydrogens (primary N) is 1. The van der Waals surface area contributed by atoms with E-state index in [2.05, 4.69) is 20.8 Å². The van der Waals surface area contributed by atoms with Crippen molar-refractivity contribution >= 4 is 6.03 Å². The summed E-state index contributed by atoms with van der Waals surface area (Å²) in [6.45, 7) is 9.07. The average Bonchev–Trinajstić information content (AvgIpc) is 3.51. The van der Waals surface area contributed by atoms with E-state index in [0.29, 0.717) is 43.1 Å². The number of imidazole rings is 1. The summed E-state index contributed by atoms with van der Waals surface area (Å²) < 4.78 is 30.1. The number of urea groups is 1. The van der Waals surface area contributed by atoms with E-state index in [9.17, 15) is 13.6 Å². The SMILES string of the molecule is CC(C)(C)[C@H](c1nc(-c2cccc(F)c2)cn1Cc1cccc(F)c1)N(CCCN)C(=O)N1CCCC1. The Morgan fingerprint density at radius 3 is 2.38 bits per heavy atom. The van der Waals surface area contributed by atoms with Gasteiger partial charge in [0.2, 0.25) is 0 Å². The maximum atomic E-state index is 14.1. The molecule has 1 aromatic heterocycles. The van der Waals surface area contributed by atoms with Gasteiger partial charge in [-0.05, 0) is 61.1 Å². The molecule has 1 aliphatic heterocycles. The van der Waals surface area contributed by atoms with Crippen LogP contribution in [0.5, 0.6) is 0 Å². The van der Waals surface area contributed by atoms with Crippen LogP contribution >= 0.6 is 0 Å². The molecule has 8 heteroatoms. The van der Waals surface area contributed by atoms with Gasteiger partial charge in [0.1, 0.15) is 17.5 Å². The smallest absolute Gasteiger partial charge is 0.320 e. The van der Waals surface area contributed by atoms with E-state index in [-0.39, 0.29) is 29.1 Å². The standard InChI is InChI=1S/C29H37F2N5O/c1-29(2,3)26(36(16-8-13-32)28(37)34-14-4-5-15-34)27-33-25(22-10-7-12-24(31)18-22)20-35(27)19-21-9-6-11-23(30)17-21/h6-7,9-12,17-18,20,26H,4-5,8,13-16,19,32H2,1-3H3/t26-/m0/s1. The summed E-state index contributed by atoms with van der Waals surface area (Å²) in [6, 6.07) is 12.4. The highest BCUT2D eigenvalue weighted by Gasteiger charge is 2.40. The summed E-state index contributed by atoms with van der Waals surface area (Å²) in [5.41, 5.74) is 7.52. The van der Waals surface area contributed by atoms with Crippen LogP contribution in [0.2, 0.25) is 0 Å². The van der Waals surface area contributed by atoms with Gasteiger partial charge in [-0.1, -0.05) is 45.0 Å². The summed E-state index contributed by atoms with van der Waals surface area (Å²) in [5, 5.41) is 0. The molecule has 0 bridgehead atoms. The van der Waals surface area contributed by atoms with Crippen molar-refractivity contribution in [1.82, 2.24) is 19.4 Å². The van der Waals surface area contributed by atoms with Gasteiger partial charge in [0, 0.05) is 37.9 Å². The molecule has 37 heavy (non-hydrogen) atoms. The molecule has 0 aliphatic carbocycles. The van der Waals surface area contributed by atoms with Gasteiger partial charge >= 0.3 is 6.03 Å². The molecule has 2 N–H and O–H groups in total. The molecule has 198 valence electrons. The fourth-order valence-electron chi connectivity index (χ4n) is 5.08. The second kappa shape index (κ2) is 11.4. The number of likely N-dealkylation sites (tertiary alicyclic amines) is 1. The summed E-state index contributed by atoms with van der Waals surface area (Å²) in [4.78, 5) is 22.6. The third kappa shape index (κ3) is 6.36. The number of carbonyl (C=O) groups is 1. The fourth-order valence-corrected chi connectivity index (χ4v) is 5.08. The molecule has 0 radical (unpaired) electrons. The minimum atomic E-state index is -0.386. The first-order valence-corrected chi connectivity index (χ1v) is 13.0. The van der Waals surface area contributed by atoms with Crippen LogP contribution in [0.25, 0.3) is 11.3 Å². The number of hydrogen-bond acceptors (Lipinski definition) is 3. The van der Waals surface area contributed by atoms with Crippen LogP contribution in [-0.4, -0.2) is 51.6 Å². The normalized spacial score (nSPS) is 14.7. The van der Waals surface area contributed by atoms with Crippen molar-refractivity contribution in [2.45, 2.75) is 52.6 Å². The Balaban J connectivity index is 1.84. The first kappa shape index (κ1) is 26.8. The quantitative estimate of drug-likeness (QED) is 0.415. The highest BCUT2D eigenvalue weighted by atomic mass is 19.1. The van der Waals surface area contributed by atoms with E-state index in [1.165, 1.54) is 24.3 Å². The Kier molecular flexibility index (Phi) is 8.27. The Hall–Kier alpha value is -3.26. The van der Waals surface area contributed by atoms with Crippen molar-refractivity contribution in [3.05, 3.63) is 77.8 Å². The minimum Gasteiger partial charge on any atom is -0.330 e. The second-order valence-electron chi connectivity index (χ2n) is 10.8. The van der Waals surface area contributed by atoms with Gasteiger partial charge < -0.3 is 20.1 Å². The largest absolute Gasteiger partial charge is 0.330 e. The third-order valence-electron chi connectivity index (χ3n) is 6.77. The fraction of sp³-hybridized carbons (Fsp3) is 0.448. The summed E-state index contributed by atoms with van der Waals surface area (Å²) in [5.74, 6) is 0.0196. The van der Waals surface area contributed by atoms with Crippen LogP contribution in [0.15, 0.2) is 54.7 Å². The predicted octanol–water partition coefficient (Wildman–Crippen LogP) is 5.83. The summed E-state index contributed by atoms with van der Waals surface area (Å²) >= 11 is 0. The molecule has 1 fully saturated rings. The zero-order valence-electron chi connectivity index (χ0n) is 22.0. The predicted molar refractivity (Wildman–Crippen MR) is 142 cm³/mol. The van der Waals surface area contributed by atoms with Crippen molar-refractivity contribution in [2.75, 3.05) is 26.2 Å². The number of rotatable bonds is 8. The molecule has 3 aromatic rings. The number of halogens is 2. The van der Waals surface area contributed by atoms with Crippen LogP contribution in [0.3, 0.4) is 0 Å². The molecule has 1 atom stereocenters. The van der Waals surface area contributed by atoms with Crippen LogP contribution in [0.4, 0.5) is 13.6 Å². The van der Waals surface area contributed by atoms with Crippen LogP contribution in [-0.2, 0) is 6.54 Å². The number of amides is 2. The van der Waals surface area contributed by atoms with E-state index >= 15 is 0 Å². The van der Waals surface area contributed by atoms with Gasteiger partial charge in [0.25, 0.3) is 0 Å². The van der Waals surface area contributed by atoms with Crippen LogP contribution < -0.4 is 5.73 Å². The minimum absolute atomic E-state index is 0.0153. The molecule has 2 amide bonds. The van der Waals surface area contributed by atoms with Crippen LogP contribution in [0.1, 0.15) is 57.5 Å². The highest BCUT2D eigenvalue weighted by molar-refractivity contribution is 5.75. The van der Waals surface area contributed by atoms with Crippen molar-refractivity contribution in [1.29, 1.82) is 0 Å². The lowest BCUT2D eigenvalue weighted by molar-refractivity contribution is 0.0878. The number of hydrogen-bond donors (Lipinski definition) is 1. The molecule has 2 heterocycles. The van der Waals surface area contributed by atoms with Gasteiger partial charge in [-0.25, -0.2) is 18.6 Å². The molecule has 2 aromatic carbocycles. The van der Waals surface area contributed by atoms with Crippen molar-refractivity contribution in [3.63, 3.8) is 0 Å². The lowest BCUT2D eigenvalue weighted by Crippen LogP contribution is -2.48. The Bertz CT molecular complexity index is 1210. The first-order chi connectivity index (χ1) is 17.7. The summed E-state index contributed by atoms with van der Waals surface area (Å²) in [7, 11) is 0. The van der Waals surface area contributed by atoms with Crippen molar-refractivity contribution in [3.8, 4) is 11.3 Å². The Morgan fingerprint density at radius 2 is 1.76 bits per heavy atom. The molecule has 0 unspecified atom stereocenters. The van der Waals surface area contributed by atoms with Gasteiger partial charge in [-0.15, -0.1) is 0 Å². The van der Waals surface area contributed by atoms with E-state index in [0.717, 1.165) is 31.5 Å². The van der Waals surface area contributed by atoms with E-state index < -0.39 is 0 Å². The molecule has 4 rings (SSSR count). The lowest BCUT2D eigenvalue weighted by atomic mass is 9.84. The molecule has 0 saturated carbocycles. The lowest BCUT2D eigenvalue weighted by Gasteiger charge is -2.41. The summed E-state index contributed by atoms with van der Waals surface area (Å²) in [6.07, 6.45) is 4.52. The average molecular weight is 510 g/mol. The van der Waals surface area contributed by atoms with Gasteiger partial charge in [-0.3, -0.25) is 0 Å². The molecular formula is C29H37F2N5O. The van der Waals surface area contributed by atoms with Crippen molar-refractivity contribution in [2.24, 2.45) is 11.1 Å². The van der Waals surface area contributed by atoms with Gasteiger partial charge in [0.05, 0.1) is 11.7 Å². The molecule has 1 saturated heterocycles. The number of benzene rings is 2. The third-order valence-corrected chi connectivity index (χ3v) is 6.77. The second-order valence-corrected chi connectivity index (χ2v) is 10.8. The van der Waals surface area contributed by atoms with E-state index in [1.54, 1.807) is 12.1 Å². The number of aromatic nitrogens is 2. The Labute approximate surface area is 218 Å². The first-order valence-electron chi connectivity index (χ1n) is 13.0. The van der Waals surface area contributed by atoms with E-state index in [4.69, 9.17) is 10.7 Å². The van der Waals surface area contributed by atoms with Gasteiger partial charge in [-0.2, -0.15) is 0 Å². The highest BCUT2D eigenvalue weighted by Crippen LogP contribution is 2.40. The maximum absolute atomic E-state index is 14.1. The zero-order valence-corrected chi connectivity index (χ0v) is 22.0. The van der Waals surface area contributed by atoms with Crippen LogP contribution in [0, 0.1) is 17.0 Å². The Morgan fingerprint density at radius 1 is 1.08 bits per heavy atom.